The molecule has 48 heavy (non-hydrogen) atoms. The molecular weight excluding hydrogens is 606 g/mol. The van der Waals surface area contributed by atoms with E-state index in [1.165, 1.54) is 12.8 Å². The van der Waals surface area contributed by atoms with E-state index < -0.39 is 30.1 Å². The van der Waals surface area contributed by atoms with Crippen molar-refractivity contribution in [3.63, 3.8) is 0 Å². The Labute approximate surface area is 284 Å². The second-order valence-electron chi connectivity index (χ2n) is 14.8. The van der Waals surface area contributed by atoms with Crippen molar-refractivity contribution in [1.29, 1.82) is 0 Å². The average molecular weight is 660 g/mol. The highest BCUT2D eigenvalue weighted by Gasteiger charge is 2.45. The summed E-state index contributed by atoms with van der Waals surface area (Å²) in [7, 11) is 0. The topological polar surface area (TPSA) is 145 Å². The molecule has 4 aliphatic rings. The van der Waals surface area contributed by atoms with E-state index in [1.54, 1.807) is 11.0 Å². The summed E-state index contributed by atoms with van der Waals surface area (Å²) in [5.41, 5.74) is 5.99. The number of carbonyl (C=O) groups is 4. The largest absolute Gasteiger partial charge is 0.381 e. The third kappa shape index (κ3) is 8.20. The van der Waals surface area contributed by atoms with Gasteiger partial charge in [-0.3, -0.25) is 24.1 Å². The van der Waals surface area contributed by atoms with E-state index in [2.05, 4.69) is 15.5 Å². The molecule has 10 heteroatoms. The Morgan fingerprint density at radius 1 is 0.812 bits per heavy atom. The van der Waals surface area contributed by atoms with Crippen LogP contribution in [0.25, 0.3) is 10.8 Å². The minimum atomic E-state index is -1.50. The van der Waals surface area contributed by atoms with Crippen LogP contribution in [0.4, 0.5) is 0 Å². The first kappa shape index (κ1) is 34.4. The number of likely N-dealkylation sites (tertiary alicyclic amines) is 2. The molecule has 4 fully saturated rings. The maximum absolute atomic E-state index is 14.7. The summed E-state index contributed by atoms with van der Waals surface area (Å²) >= 11 is 0. The Morgan fingerprint density at radius 3 is 2.17 bits per heavy atom. The first-order chi connectivity index (χ1) is 23.3. The first-order valence-electron chi connectivity index (χ1n) is 18.4. The maximum atomic E-state index is 14.7. The van der Waals surface area contributed by atoms with Gasteiger partial charge in [0, 0.05) is 18.2 Å². The van der Waals surface area contributed by atoms with Gasteiger partial charge < -0.3 is 26.4 Å². The van der Waals surface area contributed by atoms with Gasteiger partial charge in [0.25, 0.3) is 5.91 Å². The van der Waals surface area contributed by atoms with Gasteiger partial charge in [-0.25, -0.2) is 0 Å². The highest BCUT2D eigenvalue weighted by atomic mass is 16.3. The molecule has 2 aromatic carbocycles. The van der Waals surface area contributed by atoms with Gasteiger partial charge in [-0.1, -0.05) is 88.1 Å². The van der Waals surface area contributed by atoms with Crippen LogP contribution in [0.1, 0.15) is 100 Å². The molecule has 3 unspecified atom stereocenters. The molecule has 260 valence electrons. The number of rotatable bonds is 12. The molecule has 4 amide bonds. The molecule has 6 rings (SSSR count). The van der Waals surface area contributed by atoms with Gasteiger partial charge in [-0.05, 0) is 79.9 Å². The molecule has 0 aromatic heterocycles. The van der Waals surface area contributed by atoms with Crippen molar-refractivity contribution < 1.29 is 24.3 Å². The van der Waals surface area contributed by atoms with E-state index in [1.807, 2.05) is 36.4 Å². The quantitative estimate of drug-likeness (QED) is 0.272. The Hall–Kier alpha value is -3.50. The highest BCUT2D eigenvalue weighted by molar-refractivity contribution is 6.01. The Bertz CT molecular complexity index is 1450. The van der Waals surface area contributed by atoms with Crippen LogP contribution in [-0.4, -0.2) is 88.4 Å². The standard InChI is InChI=1S/C38H53N5O5/c39-35(45)34(44)31(20-26-12-9-13-26)40-37(47)33-23-30(42-18-7-2-8-19-42)24-43(33)38(48)32(21-25-10-3-1-4-11-25)41-36(46)29-17-16-27-14-5-6-15-28(27)22-29/h5-6,14-17,22,25-26,30-34,44H,1-4,7-13,18-21,23-24H2,(H2,39,45)(H,40,47)(H,41,46)/t30-,31?,32?,33-,34?/m0/s1. The fourth-order valence-electron chi connectivity index (χ4n) is 8.44. The zero-order valence-electron chi connectivity index (χ0n) is 28.2. The van der Waals surface area contributed by atoms with Gasteiger partial charge in [0.05, 0.1) is 6.04 Å². The summed E-state index contributed by atoms with van der Waals surface area (Å²) < 4.78 is 0. The summed E-state index contributed by atoms with van der Waals surface area (Å²) in [6.07, 6.45) is 11.8. The number of primary amides is 1. The zero-order chi connectivity index (χ0) is 33.6. The number of hydrogen-bond acceptors (Lipinski definition) is 6. The molecule has 2 saturated carbocycles. The minimum absolute atomic E-state index is 0.0164. The third-order valence-corrected chi connectivity index (χ3v) is 11.5. The van der Waals surface area contributed by atoms with Gasteiger partial charge in [0.2, 0.25) is 17.7 Å². The monoisotopic (exact) mass is 659 g/mol. The highest BCUT2D eigenvalue weighted by Crippen LogP contribution is 2.33. The van der Waals surface area contributed by atoms with E-state index >= 15 is 0 Å². The smallest absolute Gasteiger partial charge is 0.251 e. The molecule has 2 aliphatic carbocycles. The van der Waals surface area contributed by atoms with Crippen LogP contribution in [0.5, 0.6) is 0 Å². The fourth-order valence-corrected chi connectivity index (χ4v) is 8.44. The lowest BCUT2D eigenvalue weighted by Gasteiger charge is -2.34. The second kappa shape index (κ2) is 15.8. The number of nitrogens with two attached hydrogens (primary N) is 1. The molecule has 5 atom stereocenters. The van der Waals surface area contributed by atoms with Crippen molar-refractivity contribution in [1.82, 2.24) is 20.4 Å². The molecule has 5 N–H and O–H groups in total. The molecule has 10 nitrogen and oxygen atoms in total. The molecule has 2 saturated heterocycles. The molecular formula is C38H53N5O5. The van der Waals surface area contributed by atoms with Gasteiger partial charge in [0.15, 0.2) is 6.10 Å². The number of nitrogens with zero attached hydrogens (tertiary/aromatic N) is 2. The number of carbonyl (C=O) groups excluding carboxylic acids is 4. The third-order valence-electron chi connectivity index (χ3n) is 11.5. The summed E-state index contributed by atoms with van der Waals surface area (Å²) in [6.45, 7) is 2.25. The summed E-state index contributed by atoms with van der Waals surface area (Å²) in [5, 5.41) is 18.8. The SMILES string of the molecule is NC(=O)C(O)C(CC1CCC1)NC(=O)[C@@H]1C[C@H](N2CCCCC2)CN1C(=O)C(CC1CCCCC1)NC(=O)c1ccc2ccccc2c1. The summed E-state index contributed by atoms with van der Waals surface area (Å²) in [5.74, 6) is -1.14. The number of aliphatic hydroxyl groups excluding tert-OH is 1. The zero-order valence-corrected chi connectivity index (χ0v) is 28.2. The van der Waals surface area contributed by atoms with Crippen LogP contribution in [-0.2, 0) is 14.4 Å². The van der Waals surface area contributed by atoms with Crippen LogP contribution < -0.4 is 16.4 Å². The minimum Gasteiger partial charge on any atom is -0.381 e. The lowest BCUT2D eigenvalue weighted by atomic mass is 9.79. The molecule has 0 bridgehead atoms. The van der Waals surface area contributed by atoms with Crippen molar-refractivity contribution in [2.45, 2.75) is 120 Å². The molecule has 2 heterocycles. The number of aliphatic hydroxyl groups is 1. The van der Waals surface area contributed by atoms with Crippen molar-refractivity contribution in [2.75, 3.05) is 19.6 Å². The number of fused-ring (bicyclic) bond motifs is 1. The van der Waals surface area contributed by atoms with E-state index in [4.69, 9.17) is 5.73 Å². The van der Waals surface area contributed by atoms with Crippen molar-refractivity contribution in [3.8, 4) is 0 Å². The summed E-state index contributed by atoms with van der Waals surface area (Å²) in [4.78, 5) is 58.7. The number of piperidine rings is 1. The van der Waals surface area contributed by atoms with E-state index in [0.29, 0.717) is 43.2 Å². The Kier molecular flexibility index (Phi) is 11.3. The van der Waals surface area contributed by atoms with Crippen LogP contribution in [0.15, 0.2) is 42.5 Å². The van der Waals surface area contributed by atoms with Crippen molar-refractivity contribution in [2.24, 2.45) is 17.6 Å². The van der Waals surface area contributed by atoms with Crippen LogP contribution in [0, 0.1) is 11.8 Å². The lowest BCUT2D eigenvalue weighted by Crippen LogP contribution is -2.57. The van der Waals surface area contributed by atoms with Gasteiger partial charge >= 0.3 is 0 Å². The van der Waals surface area contributed by atoms with Crippen LogP contribution in [0.3, 0.4) is 0 Å². The first-order valence-corrected chi connectivity index (χ1v) is 18.4. The predicted molar refractivity (Wildman–Crippen MR) is 185 cm³/mol. The molecule has 0 spiro atoms. The number of benzene rings is 2. The van der Waals surface area contributed by atoms with E-state index in [-0.39, 0.29) is 23.8 Å². The van der Waals surface area contributed by atoms with Gasteiger partial charge in [-0.2, -0.15) is 0 Å². The maximum Gasteiger partial charge on any atom is 0.251 e. The van der Waals surface area contributed by atoms with Gasteiger partial charge in [0.1, 0.15) is 12.1 Å². The van der Waals surface area contributed by atoms with E-state index in [9.17, 15) is 24.3 Å². The molecule has 2 aromatic rings. The Morgan fingerprint density at radius 2 is 1.48 bits per heavy atom. The Balaban J connectivity index is 1.25. The molecule has 2 aliphatic heterocycles. The van der Waals surface area contributed by atoms with Crippen LogP contribution in [0.2, 0.25) is 0 Å². The fraction of sp³-hybridized carbons (Fsp3) is 0.632. The van der Waals surface area contributed by atoms with Crippen molar-refractivity contribution >= 4 is 34.4 Å². The van der Waals surface area contributed by atoms with Gasteiger partial charge in [-0.15, -0.1) is 0 Å². The van der Waals surface area contributed by atoms with Crippen LogP contribution >= 0.6 is 0 Å². The normalized spacial score (nSPS) is 24.4. The summed E-state index contributed by atoms with van der Waals surface area (Å²) in [6, 6.07) is 11.1. The average Bonchev–Trinajstić information content (AvgIpc) is 3.54. The lowest BCUT2D eigenvalue weighted by molar-refractivity contribution is -0.141. The number of nitrogens with one attached hydrogen (secondary N) is 2. The number of amides is 4. The van der Waals surface area contributed by atoms with Crippen molar-refractivity contribution in [3.05, 3.63) is 48.0 Å². The predicted octanol–water partition coefficient (Wildman–Crippen LogP) is 3.89. The molecule has 0 radical (unpaired) electrons. The van der Waals surface area contributed by atoms with E-state index in [0.717, 1.165) is 81.6 Å². The second-order valence-corrected chi connectivity index (χ2v) is 14.8. The number of hydrogen-bond donors (Lipinski definition) is 4.